The van der Waals surface area contributed by atoms with Crippen LogP contribution in [0.15, 0.2) is 41.2 Å². The van der Waals surface area contributed by atoms with Gasteiger partial charge in [-0.2, -0.15) is 0 Å². The van der Waals surface area contributed by atoms with Gasteiger partial charge in [-0.15, -0.1) is 0 Å². The van der Waals surface area contributed by atoms with Crippen molar-refractivity contribution in [1.82, 2.24) is 9.88 Å². The Kier molecular flexibility index (Phi) is 6.10. The average molecular weight is 354 g/mol. The van der Waals surface area contributed by atoms with Gasteiger partial charge in [0.1, 0.15) is 11.3 Å². The first-order valence-electron chi connectivity index (χ1n) is 9.33. The number of fused-ring (bicyclic) bond motifs is 1. The van der Waals surface area contributed by atoms with Gasteiger partial charge in [-0.25, -0.2) is 0 Å². The summed E-state index contributed by atoms with van der Waals surface area (Å²) in [6.45, 7) is 1.27. The van der Waals surface area contributed by atoms with Gasteiger partial charge in [0.05, 0.1) is 7.11 Å². The molecule has 3 rings (SSSR count). The van der Waals surface area contributed by atoms with Crippen LogP contribution in [0, 0.1) is 0 Å². The molecule has 0 bridgehead atoms. The molecule has 2 heterocycles. The van der Waals surface area contributed by atoms with Crippen LogP contribution in [0.3, 0.4) is 0 Å². The first-order chi connectivity index (χ1) is 12.7. The quantitative estimate of drug-likeness (QED) is 0.812. The molecule has 0 saturated heterocycles. The number of hydrogen-bond donors (Lipinski definition) is 1. The van der Waals surface area contributed by atoms with E-state index in [2.05, 4.69) is 17.4 Å². The molecule has 0 fully saturated rings. The topological polar surface area (TPSA) is 60.3 Å². The lowest BCUT2D eigenvalue weighted by molar-refractivity contribution is 0.0948. The Hall–Kier alpha value is -2.56. The molecule has 0 atom stereocenters. The predicted octanol–water partition coefficient (Wildman–Crippen LogP) is 2.95. The van der Waals surface area contributed by atoms with E-state index in [0.29, 0.717) is 24.4 Å². The molecule has 1 N–H and O–H groups in total. The van der Waals surface area contributed by atoms with E-state index < -0.39 is 0 Å². The fourth-order valence-corrected chi connectivity index (χ4v) is 3.55. The van der Waals surface area contributed by atoms with Crippen LogP contribution < -0.4 is 15.6 Å². The Morgan fingerprint density at radius 2 is 2.00 bits per heavy atom. The van der Waals surface area contributed by atoms with Crippen LogP contribution in [0.4, 0.5) is 0 Å². The molecule has 1 aliphatic heterocycles. The number of rotatable bonds is 6. The van der Waals surface area contributed by atoms with Crippen LogP contribution in [0.2, 0.25) is 0 Å². The summed E-state index contributed by atoms with van der Waals surface area (Å²) in [5.41, 5.74) is 2.51. The number of carbonyl (C=O) groups excluding carboxylic acids is 1. The number of hydrogen-bond acceptors (Lipinski definition) is 3. The largest absolute Gasteiger partial charge is 0.496 e. The zero-order chi connectivity index (χ0) is 18.4. The average Bonchev–Trinajstić information content (AvgIpc) is 2.92. The van der Waals surface area contributed by atoms with Crippen molar-refractivity contribution in [3.63, 3.8) is 0 Å². The van der Waals surface area contributed by atoms with E-state index >= 15 is 0 Å². The second-order valence-electron chi connectivity index (χ2n) is 6.68. The molecular formula is C21H26N2O3. The molecule has 0 unspecified atom stereocenters. The third kappa shape index (κ3) is 4.15. The van der Waals surface area contributed by atoms with Gasteiger partial charge in [0.25, 0.3) is 11.5 Å². The van der Waals surface area contributed by atoms with Crippen molar-refractivity contribution >= 4 is 5.91 Å². The number of nitrogens with zero attached hydrogens (tertiary/aromatic N) is 1. The van der Waals surface area contributed by atoms with Crippen molar-refractivity contribution in [3.8, 4) is 5.75 Å². The molecule has 1 aromatic heterocycles. The van der Waals surface area contributed by atoms with Crippen LogP contribution in [0.25, 0.3) is 0 Å². The first kappa shape index (κ1) is 18.2. The Balaban J connectivity index is 1.72. The van der Waals surface area contributed by atoms with Gasteiger partial charge in [-0.3, -0.25) is 9.59 Å². The molecule has 0 spiro atoms. The highest BCUT2D eigenvalue weighted by molar-refractivity contribution is 5.98. The maximum absolute atomic E-state index is 12.8. The van der Waals surface area contributed by atoms with Gasteiger partial charge in [0, 0.05) is 24.8 Å². The van der Waals surface area contributed by atoms with E-state index in [1.165, 1.54) is 18.7 Å². The molecular weight excluding hydrogens is 328 g/mol. The molecule has 5 nitrogen and oxygen atoms in total. The second kappa shape index (κ2) is 8.70. The normalized spacial score (nSPS) is 13.6. The van der Waals surface area contributed by atoms with E-state index in [-0.39, 0.29) is 11.5 Å². The van der Waals surface area contributed by atoms with E-state index in [4.69, 9.17) is 4.74 Å². The van der Waals surface area contributed by atoms with Gasteiger partial charge in [-0.05, 0) is 37.7 Å². The molecule has 5 heteroatoms. The molecule has 0 radical (unpaired) electrons. The Morgan fingerprint density at radius 1 is 1.19 bits per heavy atom. The van der Waals surface area contributed by atoms with Crippen molar-refractivity contribution < 1.29 is 9.53 Å². The monoisotopic (exact) mass is 354 g/mol. The minimum absolute atomic E-state index is 0.0839. The summed E-state index contributed by atoms with van der Waals surface area (Å²) in [5.74, 6) is 0.226. The molecule has 0 aliphatic carbocycles. The standard InChI is InChI=1S/C21H26N2O3/c1-26-18-15-19(24)23-14-7-3-6-12-17(23)20(18)21(25)22-13-8-11-16-9-4-2-5-10-16/h2,4-5,9-10,15H,3,6-8,11-14H2,1H3,(H,22,25). The molecule has 2 aromatic rings. The van der Waals surface area contributed by atoms with Crippen LogP contribution >= 0.6 is 0 Å². The second-order valence-corrected chi connectivity index (χ2v) is 6.68. The van der Waals surface area contributed by atoms with E-state index in [0.717, 1.165) is 44.2 Å². The number of aryl methyl sites for hydroxylation is 1. The van der Waals surface area contributed by atoms with Crippen molar-refractivity contribution in [2.75, 3.05) is 13.7 Å². The number of nitrogens with one attached hydrogen (secondary N) is 1. The van der Waals surface area contributed by atoms with Crippen LogP contribution in [0.5, 0.6) is 5.75 Å². The lowest BCUT2D eigenvalue weighted by Crippen LogP contribution is -2.31. The number of benzene rings is 1. The van der Waals surface area contributed by atoms with Crippen molar-refractivity contribution in [2.45, 2.75) is 45.1 Å². The minimum atomic E-state index is -0.152. The molecule has 138 valence electrons. The summed E-state index contributed by atoms with van der Waals surface area (Å²) >= 11 is 0. The SMILES string of the molecule is COc1cc(=O)n2c(c1C(=O)NCCCc1ccccc1)CCCCC2. The molecule has 0 saturated carbocycles. The third-order valence-electron chi connectivity index (χ3n) is 4.89. The lowest BCUT2D eigenvalue weighted by Gasteiger charge is -2.17. The highest BCUT2D eigenvalue weighted by atomic mass is 16.5. The van der Waals surface area contributed by atoms with Gasteiger partial charge < -0.3 is 14.6 Å². The van der Waals surface area contributed by atoms with Crippen molar-refractivity contribution in [3.05, 3.63) is 63.6 Å². The summed E-state index contributed by atoms with van der Waals surface area (Å²) in [4.78, 5) is 25.2. The highest BCUT2D eigenvalue weighted by Gasteiger charge is 2.23. The van der Waals surface area contributed by atoms with Gasteiger partial charge in [0.2, 0.25) is 0 Å². The Labute approximate surface area is 154 Å². The van der Waals surface area contributed by atoms with E-state index in [1.807, 2.05) is 18.2 Å². The molecule has 1 aliphatic rings. The first-order valence-corrected chi connectivity index (χ1v) is 9.33. The number of carbonyl (C=O) groups is 1. The molecule has 1 aromatic carbocycles. The fourth-order valence-electron chi connectivity index (χ4n) is 3.55. The summed E-state index contributed by atoms with van der Waals surface area (Å²) in [6.07, 6.45) is 5.55. The summed E-state index contributed by atoms with van der Waals surface area (Å²) in [6, 6.07) is 11.7. The highest BCUT2D eigenvalue weighted by Crippen LogP contribution is 2.24. The number of amides is 1. The van der Waals surface area contributed by atoms with Crippen LogP contribution in [0.1, 0.15) is 47.3 Å². The molecule has 26 heavy (non-hydrogen) atoms. The number of aromatic nitrogens is 1. The van der Waals surface area contributed by atoms with Crippen LogP contribution in [-0.4, -0.2) is 24.1 Å². The fraction of sp³-hybridized carbons (Fsp3) is 0.429. The maximum atomic E-state index is 12.8. The smallest absolute Gasteiger partial charge is 0.256 e. The van der Waals surface area contributed by atoms with Crippen molar-refractivity contribution in [1.29, 1.82) is 0 Å². The van der Waals surface area contributed by atoms with Gasteiger partial charge in [-0.1, -0.05) is 36.8 Å². The number of pyridine rings is 1. The number of ether oxygens (including phenoxy) is 1. The van der Waals surface area contributed by atoms with Crippen molar-refractivity contribution in [2.24, 2.45) is 0 Å². The summed E-state index contributed by atoms with van der Waals surface area (Å²) in [5, 5.41) is 3.00. The number of methoxy groups -OCH3 is 1. The lowest BCUT2D eigenvalue weighted by atomic mass is 10.1. The maximum Gasteiger partial charge on any atom is 0.256 e. The zero-order valence-corrected chi connectivity index (χ0v) is 15.3. The summed E-state index contributed by atoms with van der Waals surface area (Å²) in [7, 11) is 1.51. The van der Waals surface area contributed by atoms with Gasteiger partial charge in [0.15, 0.2) is 0 Å². The third-order valence-corrected chi connectivity index (χ3v) is 4.89. The predicted molar refractivity (Wildman–Crippen MR) is 102 cm³/mol. The van der Waals surface area contributed by atoms with E-state index in [1.54, 1.807) is 4.57 Å². The summed E-state index contributed by atoms with van der Waals surface area (Å²) < 4.78 is 7.10. The molecule has 1 amide bonds. The van der Waals surface area contributed by atoms with Gasteiger partial charge >= 0.3 is 0 Å². The Morgan fingerprint density at radius 3 is 2.77 bits per heavy atom. The minimum Gasteiger partial charge on any atom is -0.496 e. The Bertz CT molecular complexity index is 812. The van der Waals surface area contributed by atoms with E-state index in [9.17, 15) is 9.59 Å². The van der Waals surface area contributed by atoms with Crippen LogP contribution in [-0.2, 0) is 19.4 Å². The zero-order valence-electron chi connectivity index (χ0n) is 15.3.